The molecule has 3 rings (SSSR count). The summed E-state index contributed by atoms with van der Waals surface area (Å²) >= 11 is 0. The summed E-state index contributed by atoms with van der Waals surface area (Å²) in [5, 5.41) is 8.63. The predicted octanol–water partition coefficient (Wildman–Crippen LogP) is 2.41. The number of hydrogen-bond acceptors (Lipinski definition) is 3. The summed E-state index contributed by atoms with van der Waals surface area (Å²) in [6.07, 6.45) is 2.17. The topological polar surface area (TPSA) is 52.6 Å². The average molecular weight is 296 g/mol. The van der Waals surface area contributed by atoms with Gasteiger partial charge in [0.05, 0.1) is 0 Å². The van der Waals surface area contributed by atoms with E-state index in [1.165, 1.54) is 16.7 Å². The molecule has 0 atom stereocenters. The van der Waals surface area contributed by atoms with Crippen molar-refractivity contribution in [3.8, 4) is 0 Å². The Kier molecular flexibility index (Phi) is 4.51. The van der Waals surface area contributed by atoms with E-state index in [1.54, 1.807) is 17.6 Å². The first-order chi connectivity index (χ1) is 10.8. The van der Waals surface area contributed by atoms with Crippen LogP contribution in [0.5, 0.6) is 0 Å². The van der Waals surface area contributed by atoms with E-state index in [-0.39, 0.29) is 0 Å². The zero-order valence-corrected chi connectivity index (χ0v) is 12.5. The normalized spacial score (nSPS) is 15.0. The standard InChI is InChI=1S/C18H20N2O2/c21-18(19-22)17-7-5-14(6-8-17)13-20-11-9-15-3-1-2-4-16(15)10-12-20/h1-8,22H,9-13H2,(H,19,21). The molecule has 114 valence electrons. The number of nitrogens with zero attached hydrogens (tertiary/aromatic N) is 1. The molecule has 0 saturated carbocycles. The van der Waals surface area contributed by atoms with Crippen LogP contribution in [0.3, 0.4) is 0 Å². The third-order valence-corrected chi connectivity index (χ3v) is 4.24. The first kappa shape index (κ1) is 14.8. The number of benzene rings is 2. The van der Waals surface area contributed by atoms with E-state index >= 15 is 0 Å². The van der Waals surface area contributed by atoms with E-state index in [0.717, 1.165) is 32.5 Å². The highest BCUT2D eigenvalue weighted by Crippen LogP contribution is 2.17. The molecule has 1 amide bonds. The van der Waals surface area contributed by atoms with Crippen LogP contribution in [0, 0.1) is 0 Å². The Morgan fingerprint density at radius 3 is 2.14 bits per heavy atom. The maximum Gasteiger partial charge on any atom is 0.274 e. The number of amides is 1. The van der Waals surface area contributed by atoms with Gasteiger partial charge in [0.25, 0.3) is 5.91 Å². The summed E-state index contributed by atoms with van der Waals surface area (Å²) in [7, 11) is 0. The smallest absolute Gasteiger partial charge is 0.274 e. The first-order valence-corrected chi connectivity index (χ1v) is 7.59. The predicted molar refractivity (Wildman–Crippen MR) is 84.8 cm³/mol. The minimum Gasteiger partial charge on any atom is -0.298 e. The SMILES string of the molecule is O=C(NO)c1ccc(CN2CCc3ccccc3CC2)cc1. The van der Waals surface area contributed by atoms with Crippen molar-refractivity contribution in [3.63, 3.8) is 0 Å². The van der Waals surface area contributed by atoms with Crippen LogP contribution in [-0.2, 0) is 19.4 Å². The van der Waals surface area contributed by atoms with Crippen LogP contribution in [0.15, 0.2) is 48.5 Å². The summed E-state index contributed by atoms with van der Waals surface area (Å²) in [5.41, 5.74) is 6.22. The number of hydrogen-bond donors (Lipinski definition) is 2. The lowest BCUT2D eigenvalue weighted by atomic mass is 10.0. The van der Waals surface area contributed by atoms with E-state index in [9.17, 15) is 4.79 Å². The van der Waals surface area contributed by atoms with E-state index in [1.807, 2.05) is 12.1 Å². The second-order valence-corrected chi connectivity index (χ2v) is 5.68. The molecule has 0 bridgehead atoms. The van der Waals surface area contributed by atoms with Gasteiger partial charge in [0.1, 0.15) is 0 Å². The summed E-state index contributed by atoms with van der Waals surface area (Å²) < 4.78 is 0. The summed E-state index contributed by atoms with van der Waals surface area (Å²) in [6, 6.07) is 16.0. The van der Waals surface area contributed by atoms with Gasteiger partial charge in [-0.05, 0) is 41.7 Å². The fourth-order valence-electron chi connectivity index (χ4n) is 2.96. The van der Waals surface area contributed by atoms with Gasteiger partial charge in [0.15, 0.2) is 0 Å². The Balaban J connectivity index is 1.63. The Bertz CT molecular complexity index is 625. The number of carbonyl (C=O) groups is 1. The molecule has 2 aromatic carbocycles. The molecule has 0 aromatic heterocycles. The van der Waals surface area contributed by atoms with Crippen LogP contribution in [0.1, 0.15) is 27.0 Å². The third kappa shape index (κ3) is 3.35. The van der Waals surface area contributed by atoms with Gasteiger partial charge >= 0.3 is 0 Å². The van der Waals surface area contributed by atoms with Crippen molar-refractivity contribution in [1.82, 2.24) is 10.4 Å². The van der Waals surface area contributed by atoms with Gasteiger partial charge in [0.2, 0.25) is 0 Å². The highest BCUT2D eigenvalue weighted by molar-refractivity contribution is 5.93. The van der Waals surface area contributed by atoms with E-state index in [2.05, 4.69) is 29.2 Å². The molecule has 22 heavy (non-hydrogen) atoms. The van der Waals surface area contributed by atoms with E-state index < -0.39 is 5.91 Å². The van der Waals surface area contributed by atoms with Gasteiger partial charge in [-0.25, -0.2) is 5.48 Å². The molecule has 2 N–H and O–H groups in total. The fourth-order valence-corrected chi connectivity index (χ4v) is 2.96. The number of nitrogens with one attached hydrogen (secondary N) is 1. The van der Waals surface area contributed by atoms with Crippen molar-refractivity contribution >= 4 is 5.91 Å². The molecule has 0 fully saturated rings. The quantitative estimate of drug-likeness (QED) is 0.675. The zero-order chi connectivity index (χ0) is 15.4. The Hall–Kier alpha value is -2.17. The monoisotopic (exact) mass is 296 g/mol. The lowest BCUT2D eigenvalue weighted by molar-refractivity contribution is 0.0706. The molecule has 1 aliphatic rings. The highest BCUT2D eigenvalue weighted by atomic mass is 16.5. The lowest BCUT2D eigenvalue weighted by Crippen LogP contribution is -2.26. The van der Waals surface area contributed by atoms with Gasteiger partial charge in [-0.2, -0.15) is 0 Å². The van der Waals surface area contributed by atoms with Crippen LogP contribution in [0.4, 0.5) is 0 Å². The molecule has 4 nitrogen and oxygen atoms in total. The molecule has 0 spiro atoms. The maximum absolute atomic E-state index is 11.3. The molecule has 0 aliphatic carbocycles. The molecular formula is C18H20N2O2. The molecule has 0 unspecified atom stereocenters. The van der Waals surface area contributed by atoms with Crippen molar-refractivity contribution in [2.75, 3.05) is 13.1 Å². The Morgan fingerprint density at radius 2 is 1.59 bits per heavy atom. The molecular weight excluding hydrogens is 276 g/mol. The van der Waals surface area contributed by atoms with Crippen LogP contribution in [0.2, 0.25) is 0 Å². The largest absolute Gasteiger partial charge is 0.298 e. The number of rotatable bonds is 3. The minimum absolute atomic E-state index is 0.467. The number of carbonyl (C=O) groups excluding carboxylic acids is 1. The minimum atomic E-state index is -0.475. The van der Waals surface area contributed by atoms with Crippen molar-refractivity contribution in [1.29, 1.82) is 0 Å². The van der Waals surface area contributed by atoms with Gasteiger partial charge in [-0.3, -0.25) is 14.9 Å². The second kappa shape index (κ2) is 6.73. The number of fused-ring (bicyclic) bond motifs is 1. The molecule has 0 radical (unpaired) electrons. The van der Waals surface area contributed by atoms with Gasteiger partial charge in [-0.15, -0.1) is 0 Å². The summed E-state index contributed by atoms with van der Waals surface area (Å²) in [5.74, 6) is -0.475. The first-order valence-electron chi connectivity index (χ1n) is 7.59. The third-order valence-electron chi connectivity index (χ3n) is 4.24. The van der Waals surface area contributed by atoms with Crippen molar-refractivity contribution in [2.24, 2.45) is 0 Å². The fraction of sp³-hybridized carbons (Fsp3) is 0.278. The van der Waals surface area contributed by atoms with Crippen molar-refractivity contribution < 1.29 is 10.0 Å². The van der Waals surface area contributed by atoms with Crippen molar-refractivity contribution in [2.45, 2.75) is 19.4 Å². The van der Waals surface area contributed by atoms with Crippen LogP contribution >= 0.6 is 0 Å². The van der Waals surface area contributed by atoms with Crippen LogP contribution in [-0.4, -0.2) is 29.1 Å². The molecule has 2 aromatic rings. The molecule has 0 saturated heterocycles. The lowest BCUT2D eigenvalue weighted by Gasteiger charge is -2.19. The molecule has 4 heteroatoms. The maximum atomic E-state index is 11.3. The zero-order valence-electron chi connectivity index (χ0n) is 12.5. The Morgan fingerprint density at radius 1 is 1.00 bits per heavy atom. The van der Waals surface area contributed by atoms with Crippen molar-refractivity contribution in [3.05, 3.63) is 70.8 Å². The van der Waals surface area contributed by atoms with Gasteiger partial charge < -0.3 is 0 Å². The average Bonchev–Trinajstić information content (AvgIpc) is 2.78. The highest BCUT2D eigenvalue weighted by Gasteiger charge is 2.13. The van der Waals surface area contributed by atoms with Crippen LogP contribution < -0.4 is 5.48 Å². The summed E-state index contributed by atoms with van der Waals surface area (Å²) in [4.78, 5) is 13.8. The number of hydroxylamine groups is 1. The van der Waals surface area contributed by atoms with Crippen LogP contribution in [0.25, 0.3) is 0 Å². The van der Waals surface area contributed by atoms with E-state index in [0.29, 0.717) is 5.56 Å². The van der Waals surface area contributed by atoms with Gasteiger partial charge in [0, 0.05) is 25.2 Å². The van der Waals surface area contributed by atoms with Gasteiger partial charge in [-0.1, -0.05) is 36.4 Å². The summed E-state index contributed by atoms with van der Waals surface area (Å²) in [6.45, 7) is 2.99. The second-order valence-electron chi connectivity index (χ2n) is 5.68. The van der Waals surface area contributed by atoms with E-state index in [4.69, 9.17) is 5.21 Å². The Labute approximate surface area is 130 Å². The molecule has 1 aliphatic heterocycles. The molecule has 1 heterocycles.